The first-order valence-corrected chi connectivity index (χ1v) is 7.24. The zero-order valence-corrected chi connectivity index (χ0v) is 12.3. The lowest BCUT2D eigenvalue weighted by Gasteiger charge is -2.34. The highest BCUT2D eigenvalue weighted by Crippen LogP contribution is 2.18. The average molecular weight is 284 g/mol. The van der Waals surface area contributed by atoms with Gasteiger partial charge in [0.2, 0.25) is 11.8 Å². The van der Waals surface area contributed by atoms with Gasteiger partial charge in [0.25, 0.3) is 0 Å². The van der Waals surface area contributed by atoms with E-state index in [9.17, 15) is 14.4 Å². The lowest BCUT2D eigenvalue weighted by atomic mass is 10.0. The Morgan fingerprint density at radius 3 is 2.65 bits per heavy atom. The topological polar surface area (TPSA) is 75.7 Å². The molecule has 6 heteroatoms. The Balaban J connectivity index is 2.49. The molecule has 20 heavy (non-hydrogen) atoms. The molecule has 1 saturated heterocycles. The molecule has 0 saturated carbocycles. The smallest absolute Gasteiger partial charge is 0.307 e. The van der Waals surface area contributed by atoms with Crippen molar-refractivity contribution in [2.75, 3.05) is 20.2 Å². The maximum atomic E-state index is 12.1. The van der Waals surface area contributed by atoms with Gasteiger partial charge >= 0.3 is 5.97 Å². The first kappa shape index (κ1) is 16.5. The molecule has 0 aromatic rings. The first-order chi connectivity index (χ1) is 9.60. The van der Waals surface area contributed by atoms with Gasteiger partial charge in [0.1, 0.15) is 6.04 Å². The number of esters is 1. The Bertz CT molecular complexity index is 357. The van der Waals surface area contributed by atoms with Crippen LogP contribution in [0.25, 0.3) is 0 Å². The summed E-state index contributed by atoms with van der Waals surface area (Å²) in [6.45, 7) is 2.85. The highest BCUT2D eigenvalue weighted by molar-refractivity contribution is 5.88. The van der Waals surface area contributed by atoms with Gasteiger partial charge in [-0.05, 0) is 25.7 Å². The Morgan fingerprint density at radius 1 is 1.25 bits per heavy atom. The van der Waals surface area contributed by atoms with Crippen molar-refractivity contribution in [2.45, 2.75) is 51.5 Å². The molecule has 6 nitrogen and oxygen atoms in total. The zero-order chi connectivity index (χ0) is 15.0. The molecule has 1 N–H and O–H groups in total. The third-order valence-corrected chi connectivity index (χ3v) is 3.45. The normalized spacial score (nSPS) is 18.5. The third-order valence-electron chi connectivity index (χ3n) is 3.45. The van der Waals surface area contributed by atoms with Crippen LogP contribution in [0.15, 0.2) is 0 Å². The molecule has 1 atom stereocenters. The second-order valence-corrected chi connectivity index (χ2v) is 4.97. The molecule has 114 valence electrons. The highest BCUT2D eigenvalue weighted by Gasteiger charge is 2.31. The fourth-order valence-corrected chi connectivity index (χ4v) is 2.37. The third kappa shape index (κ3) is 4.83. The van der Waals surface area contributed by atoms with Crippen molar-refractivity contribution in [2.24, 2.45) is 0 Å². The highest BCUT2D eigenvalue weighted by atomic mass is 16.5. The van der Waals surface area contributed by atoms with Gasteiger partial charge < -0.3 is 15.0 Å². The molecule has 1 heterocycles. The van der Waals surface area contributed by atoms with E-state index in [4.69, 9.17) is 0 Å². The number of nitrogens with one attached hydrogen (secondary N) is 1. The van der Waals surface area contributed by atoms with E-state index in [1.807, 2.05) is 6.92 Å². The van der Waals surface area contributed by atoms with Crippen LogP contribution in [-0.2, 0) is 19.1 Å². The number of methoxy groups -OCH3 is 1. The van der Waals surface area contributed by atoms with Crippen LogP contribution in [0, 0.1) is 0 Å². The van der Waals surface area contributed by atoms with Crippen LogP contribution < -0.4 is 5.32 Å². The summed E-state index contributed by atoms with van der Waals surface area (Å²) >= 11 is 0. The van der Waals surface area contributed by atoms with Gasteiger partial charge in [-0.3, -0.25) is 14.4 Å². The fraction of sp³-hybridized carbons (Fsp3) is 0.786. The summed E-state index contributed by atoms with van der Waals surface area (Å²) in [5, 5.41) is 2.71. The minimum atomic E-state index is -0.388. The van der Waals surface area contributed by atoms with E-state index >= 15 is 0 Å². The van der Waals surface area contributed by atoms with E-state index in [1.54, 1.807) is 4.90 Å². The number of amides is 2. The summed E-state index contributed by atoms with van der Waals surface area (Å²) in [6.07, 6.45) is 4.00. The summed E-state index contributed by atoms with van der Waals surface area (Å²) in [6, 6.07) is -0.388. The van der Waals surface area contributed by atoms with Gasteiger partial charge in [0, 0.05) is 19.5 Å². The molecular formula is C14H24N2O4. The minimum absolute atomic E-state index is 0.0420. The van der Waals surface area contributed by atoms with E-state index in [0.29, 0.717) is 19.4 Å². The lowest BCUT2D eigenvalue weighted by molar-refractivity contribution is -0.143. The number of hydrogen-bond donors (Lipinski definition) is 1. The molecule has 0 bridgehead atoms. The van der Waals surface area contributed by atoms with Crippen molar-refractivity contribution in [3.8, 4) is 0 Å². The number of piperidine rings is 1. The van der Waals surface area contributed by atoms with Crippen LogP contribution in [0.5, 0.6) is 0 Å². The minimum Gasteiger partial charge on any atom is -0.469 e. The molecule has 0 aromatic heterocycles. The number of rotatable bonds is 6. The predicted octanol–water partition coefficient (Wildman–Crippen LogP) is 0.847. The predicted molar refractivity (Wildman–Crippen MR) is 73.9 cm³/mol. The van der Waals surface area contributed by atoms with Crippen molar-refractivity contribution in [1.82, 2.24) is 10.2 Å². The second-order valence-electron chi connectivity index (χ2n) is 4.97. The Hall–Kier alpha value is -1.59. The quantitative estimate of drug-likeness (QED) is 0.734. The molecule has 2 amide bonds. The standard InChI is InChI=1S/C14H24N2O4/c1-3-6-12(17)16-10-5-4-7-11(16)14(19)15-9-8-13(18)20-2/h11H,3-10H2,1-2H3,(H,15,19). The molecule has 1 fully saturated rings. The molecule has 0 spiro atoms. The Kier molecular flexibility index (Phi) is 7.04. The lowest BCUT2D eigenvalue weighted by Crippen LogP contribution is -2.52. The Morgan fingerprint density at radius 2 is 2.00 bits per heavy atom. The van der Waals surface area contributed by atoms with E-state index < -0.39 is 0 Å². The van der Waals surface area contributed by atoms with Crippen LogP contribution in [0.4, 0.5) is 0 Å². The van der Waals surface area contributed by atoms with Crippen LogP contribution >= 0.6 is 0 Å². The number of likely N-dealkylation sites (tertiary alicyclic amines) is 1. The van der Waals surface area contributed by atoms with Gasteiger partial charge in [-0.1, -0.05) is 6.92 Å². The SMILES string of the molecule is CCCC(=O)N1CCCCC1C(=O)NCCC(=O)OC. The fourth-order valence-electron chi connectivity index (χ4n) is 2.37. The van der Waals surface area contributed by atoms with Crippen LogP contribution in [0.1, 0.15) is 45.4 Å². The Labute approximate surface area is 119 Å². The van der Waals surface area contributed by atoms with E-state index in [-0.39, 0.29) is 36.8 Å². The zero-order valence-electron chi connectivity index (χ0n) is 12.3. The number of carbonyl (C=O) groups is 3. The molecular weight excluding hydrogens is 260 g/mol. The number of hydrogen-bond acceptors (Lipinski definition) is 4. The molecule has 0 aliphatic carbocycles. The van der Waals surface area contributed by atoms with Gasteiger partial charge in [-0.15, -0.1) is 0 Å². The summed E-state index contributed by atoms with van der Waals surface area (Å²) in [5.41, 5.74) is 0. The molecule has 1 aliphatic rings. The number of ether oxygens (including phenoxy) is 1. The summed E-state index contributed by atoms with van der Waals surface area (Å²) in [4.78, 5) is 36.8. The van der Waals surface area contributed by atoms with Crippen molar-refractivity contribution >= 4 is 17.8 Å². The van der Waals surface area contributed by atoms with Gasteiger partial charge in [0.05, 0.1) is 13.5 Å². The van der Waals surface area contributed by atoms with Gasteiger partial charge in [-0.2, -0.15) is 0 Å². The van der Waals surface area contributed by atoms with Crippen molar-refractivity contribution in [1.29, 1.82) is 0 Å². The van der Waals surface area contributed by atoms with E-state index in [1.165, 1.54) is 7.11 Å². The average Bonchev–Trinajstić information content (AvgIpc) is 2.47. The van der Waals surface area contributed by atoms with E-state index in [2.05, 4.69) is 10.1 Å². The summed E-state index contributed by atoms with van der Waals surface area (Å²) < 4.78 is 4.51. The van der Waals surface area contributed by atoms with Crippen molar-refractivity contribution in [3.63, 3.8) is 0 Å². The monoisotopic (exact) mass is 284 g/mol. The molecule has 1 unspecified atom stereocenters. The summed E-state index contributed by atoms with van der Waals surface area (Å²) in [7, 11) is 1.32. The maximum Gasteiger partial charge on any atom is 0.307 e. The number of nitrogens with zero attached hydrogens (tertiary/aromatic N) is 1. The molecule has 1 rings (SSSR count). The van der Waals surface area contributed by atoms with Crippen LogP contribution in [-0.4, -0.2) is 48.9 Å². The molecule has 0 radical (unpaired) electrons. The van der Waals surface area contributed by atoms with Gasteiger partial charge in [0.15, 0.2) is 0 Å². The second kappa shape index (κ2) is 8.55. The van der Waals surface area contributed by atoms with Crippen molar-refractivity contribution < 1.29 is 19.1 Å². The maximum absolute atomic E-state index is 12.1. The first-order valence-electron chi connectivity index (χ1n) is 7.24. The largest absolute Gasteiger partial charge is 0.469 e. The molecule has 0 aromatic carbocycles. The molecule has 1 aliphatic heterocycles. The van der Waals surface area contributed by atoms with E-state index in [0.717, 1.165) is 19.3 Å². The summed E-state index contributed by atoms with van der Waals surface area (Å²) in [5.74, 6) is -0.480. The van der Waals surface area contributed by atoms with Crippen LogP contribution in [0.2, 0.25) is 0 Å². The van der Waals surface area contributed by atoms with Crippen molar-refractivity contribution in [3.05, 3.63) is 0 Å². The number of carbonyl (C=O) groups excluding carboxylic acids is 3. The van der Waals surface area contributed by atoms with Gasteiger partial charge in [-0.25, -0.2) is 0 Å². The van der Waals surface area contributed by atoms with Crippen LogP contribution in [0.3, 0.4) is 0 Å².